The van der Waals surface area contributed by atoms with Crippen molar-refractivity contribution in [2.45, 2.75) is 52.7 Å². The summed E-state index contributed by atoms with van der Waals surface area (Å²) in [6.07, 6.45) is 1.13. The molecule has 148 valence electrons. The molecule has 3 rings (SSSR count). The molecular weight excluding hydrogens is 345 g/mol. The molecule has 1 aliphatic heterocycles. The molecule has 1 aromatic heterocycles. The van der Waals surface area contributed by atoms with Gasteiger partial charge in [0.25, 0.3) is 0 Å². The number of aromatic nitrogens is 1. The third kappa shape index (κ3) is 4.33. The Kier molecular flexibility index (Phi) is 6.17. The number of halogens is 1. The molecular formula is C21H30FN3O2. The van der Waals surface area contributed by atoms with Crippen LogP contribution < -0.4 is 4.74 Å². The second-order valence-electron chi connectivity index (χ2n) is 7.50. The van der Waals surface area contributed by atoms with Crippen molar-refractivity contribution in [1.82, 2.24) is 14.8 Å². The van der Waals surface area contributed by atoms with E-state index >= 15 is 0 Å². The van der Waals surface area contributed by atoms with E-state index in [0.29, 0.717) is 29.3 Å². The van der Waals surface area contributed by atoms with E-state index in [2.05, 4.69) is 35.6 Å². The van der Waals surface area contributed by atoms with Gasteiger partial charge in [-0.05, 0) is 39.3 Å². The number of oxazole rings is 1. The van der Waals surface area contributed by atoms with E-state index in [9.17, 15) is 4.39 Å². The van der Waals surface area contributed by atoms with Gasteiger partial charge in [-0.2, -0.15) is 0 Å². The molecule has 1 aromatic carbocycles. The monoisotopic (exact) mass is 375 g/mol. The number of aryl methyl sites for hydroxylation is 1. The lowest BCUT2D eigenvalue weighted by Gasteiger charge is -2.43. The van der Waals surface area contributed by atoms with Crippen LogP contribution in [0.4, 0.5) is 4.39 Å². The minimum absolute atomic E-state index is 0.329. The molecule has 5 nitrogen and oxygen atoms in total. The molecule has 2 aromatic rings. The lowest BCUT2D eigenvalue weighted by molar-refractivity contribution is 0.0450. The summed E-state index contributed by atoms with van der Waals surface area (Å²) in [5.74, 6) is 1.17. The molecule has 1 atom stereocenters. The van der Waals surface area contributed by atoms with Gasteiger partial charge < -0.3 is 9.15 Å². The predicted octanol–water partition coefficient (Wildman–Crippen LogP) is 4.10. The van der Waals surface area contributed by atoms with Gasteiger partial charge in [0.05, 0.1) is 18.4 Å². The van der Waals surface area contributed by atoms with Gasteiger partial charge in [-0.15, -0.1) is 0 Å². The molecule has 1 saturated heterocycles. The van der Waals surface area contributed by atoms with Crippen LogP contribution in [0.3, 0.4) is 0 Å². The van der Waals surface area contributed by atoms with Crippen LogP contribution in [0.2, 0.25) is 0 Å². The summed E-state index contributed by atoms with van der Waals surface area (Å²) < 4.78 is 25.2. The molecule has 0 unspecified atom stereocenters. The molecule has 0 radical (unpaired) electrons. The number of hydrogen-bond acceptors (Lipinski definition) is 5. The zero-order valence-electron chi connectivity index (χ0n) is 17.0. The van der Waals surface area contributed by atoms with Gasteiger partial charge in [-0.25, -0.2) is 9.37 Å². The van der Waals surface area contributed by atoms with Crippen LogP contribution in [-0.4, -0.2) is 53.6 Å². The Morgan fingerprint density at radius 3 is 2.74 bits per heavy atom. The second-order valence-corrected chi connectivity index (χ2v) is 7.50. The molecule has 27 heavy (non-hydrogen) atoms. The normalized spacial score (nSPS) is 19.0. The Balaban J connectivity index is 1.74. The van der Waals surface area contributed by atoms with E-state index in [1.54, 1.807) is 12.1 Å². The third-order valence-electron chi connectivity index (χ3n) is 5.42. The molecule has 0 saturated carbocycles. The molecule has 0 bridgehead atoms. The Bertz CT molecular complexity index is 775. The van der Waals surface area contributed by atoms with Crippen LogP contribution >= 0.6 is 0 Å². The topological polar surface area (TPSA) is 41.7 Å². The van der Waals surface area contributed by atoms with Crippen molar-refractivity contribution in [1.29, 1.82) is 0 Å². The number of nitrogens with zero attached hydrogens (tertiary/aromatic N) is 3. The highest BCUT2D eigenvalue weighted by Gasteiger charge is 2.28. The van der Waals surface area contributed by atoms with Crippen molar-refractivity contribution in [3.05, 3.63) is 35.5 Å². The summed E-state index contributed by atoms with van der Waals surface area (Å²) in [4.78, 5) is 9.59. The summed E-state index contributed by atoms with van der Waals surface area (Å²) in [5, 5.41) is 0. The van der Waals surface area contributed by atoms with Crippen molar-refractivity contribution in [2.75, 3.05) is 26.7 Å². The van der Waals surface area contributed by atoms with E-state index in [-0.39, 0.29) is 0 Å². The fourth-order valence-electron chi connectivity index (χ4n) is 3.82. The second kappa shape index (κ2) is 8.40. The van der Waals surface area contributed by atoms with E-state index in [1.807, 2.05) is 6.92 Å². The molecule has 1 aliphatic rings. The van der Waals surface area contributed by atoms with Crippen LogP contribution in [0.25, 0.3) is 11.5 Å². The summed E-state index contributed by atoms with van der Waals surface area (Å²) in [5.41, 5.74) is 1.24. The van der Waals surface area contributed by atoms with Gasteiger partial charge in [0.15, 0.2) is 0 Å². The maximum atomic E-state index is 14.3. The molecule has 0 amide bonds. The zero-order valence-corrected chi connectivity index (χ0v) is 17.0. The van der Waals surface area contributed by atoms with E-state index in [4.69, 9.17) is 9.15 Å². The molecule has 0 spiro atoms. The first-order chi connectivity index (χ1) is 12.9. The maximum absolute atomic E-state index is 14.3. The molecule has 0 aliphatic carbocycles. The summed E-state index contributed by atoms with van der Waals surface area (Å²) in [7, 11) is 1.52. The Morgan fingerprint density at radius 2 is 2.11 bits per heavy atom. The SMILES string of the molecule is CC[C@H]1CN(Cc2nc(-c3ccc(OC)cc3F)oc2C)CCN1C(C)C. The molecule has 2 heterocycles. The van der Waals surface area contributed by atoms with E-state index in [0.717, 1.165) is 44.1 Å². The number of methoxy groups -OCH3 is 1. The van der Waals surface area contributed by atoms with Crippen molar-refractivity contribution in [2.24, 2.45) is 0 Å². The van der Waals surface area contributed by atoms with Crippen molar-refractivity contribution < 1.29 is 13.5 Å². The van der Waals surface area contributed by atoms with Crippen LogP contribution in [-0.2, 0) is 6.54 Å². The van der Waals surface area contributed by atoms with Crippen molar-refractivity contribution in [3.63, 3.8) is 0 Å². The fraction of sp³-hybridized carbons (Fsp3) is 0.571. The minimum atomic E-state index is -0.390. The first-order valence-electron chi connectivity index (χ1n) is 9.71. The Morgan fingerprint density at radius 1 is 1.33 bits per heavy atom. The van der Waals surface area contributed by atoms with Gasteiger partial charge in [0, 0.05) is 44.3 Å². The highest BCUT2D eigenvalue weighted by molar-refractivity contribution is 5.56. The van der Waals surface area contributed by atoms with Crippen LogP contribution in [0.1, 0.15) is 38.6 Å². The number of piperazine rings is 1. The van der Waals surface area contributed by atoms with Crippen LogP contribution in [0.15, 0.2) is 22.6 Å². The molecule has 6 heteroatoms. The lowest BCUT2D eigenvalue weighted by atomic mass is 10.1. The molecule has 0 N–H and O–H groups in total. The standard InChI is InChI=1S/C21H30FN3O2/c1-6-16-12-24(9-10-25(16)14(2)3)13-20-15(4)27-21(23-20)18-8-7-17(26-5)11-19(18)22/h7-8,11,14,16H,6,9-10,12-13H2,1-5H3/t16-/m0/s1. The van der Waals surface area contributed by atoms with Crippen LogP contribution in [0, 0.1) is 12.7 Å². The largest absolute Gasteiger partial charge is 0.497 e. The van der Waals surface area contributed by atoms with Gasteiger partial charge in [0.1, 0.15) is 17.3 Å². The van der Waals surface area contributed by atoms with Gasteiger partial charge >= 0.3 is 0 Å². The first kappa shape index (κ1) is 19.8. The number of ether oxygens (including phenoxy) is 1. The average Bonchev–Trinajstić information content (AvgIpc) is 3.01. The van der Waals surface area contributed by atoms with Gasteiger partial charge in [0.2, 0.25) is 5.89 Å². The summed E-state index contributed by atoms with van der Waals surface area (Å²) >= 11 is 0. The smallest absolute Gasteiger partial charge is 0.229 e. The van der Waals surface area contributed by atoms with Gasteiger partial charge in [-0.3, -0.25) is 9.80 Å². The van der Waals surface area contributed by atoms with Gasteiger partial charge in [-0.1, -0.05) is 6.92 Å². The van der Waals surface area contributed by atoms with Crippen LogP contribution in [0.5, 0.6) is 5.75 Å². The fourth-order valence-corrected chi connectivity index (χ4v) is 3.82. The zero-order chi connectivity index (χ0) is 19.6. The van der Waals surface area contributed by atoms with E-state index in [1.165, 1.54) is 13.2 Å². The number of rotatable bonds is 6. The highest BCUT2D eigenvalue weighted by Crippen LogP contribution is 2.28. The predicted molar refractivity (Wildman–Crippen MR) is 104 cm³/mol. The highest BCUT2D eigenvalue weighted by atomic mass is 19.1. The lowest BCUT2D eigenvalue weighted by Crippen LogP contribution is -2.54. The Hall–Kier alpha value is -1.92. The minimum Gasteiger partial charge on any atom is -0.497 e. The summed E-state index contributed by atoms with van der Waals surface area (Å²) in [6.45, 7) is 12.5. The maximum Gasteiger partial charge on any atom is 0.229 e. The third-order valence-corrected chi connectivity index (χ3v) is 5.42. The van der Waals surface area contributed by atoms with Crippen molar-refractivity contribution in [3.8, 4) is 17.2 Å². The molecule has 1 fully saturated rings. The number of benzene rings is 1. The van der Waals surface area contributed by atoms with Crippen molar-refractivity contribution >= 4 is 0 Å². The first-order valence-corrected chi connectivity index (χ1v) is 9.71. The number of hydrogen-bond donors (Lipinski definition) is 0. The average molecular weight is 375 g/mol. The Labute approximate surface area is 161 Å². The quantitative estimate of drug-likeness (QED) is 0.760. The van der Waals surface area contributed by atoms with E-state index < -0.39 is 5.82 Å². The summed E-state index contributed by atoms with van der Waals surface area (Å²) in [6, 6.07) is 5.85.